The van der Waals surface area contributed by atoms with Gasteiger partial charge in [-0.2, -0.15) is 0 Å². The molecule has 5 aromatic rings. The molecule has 0 spiro atoms. The summed E-state index contributed by atoms with van der Waals surface area (Å²) >= 11 is 1.32. The smallest absolute Gasteiger partial charge is 0.338 e. The number of carbonyl (C=O) groups is 2. The van der Waals surface area contributed by atoms with Crippen LogP contribution in [0.5, 0.6) is 0 Å². The number of ether oxygens (including phenoxy) is 1. The minimum Gasteiger partial charge on any atom is -0.449 e. The number of esters is 1. The third-order valence-electron chi connectivity index (χ3n) is 5.76. The minimum absolute atomic E-state index is 0.296. The lowest BCUT2D eigenvalue weighted by Gasteiger charge is -2.15. The number of aromatic nitrogens is 3. The van der Waals surface area contributed by atoms with Crippen molar-refractivity contribution < 1.29 is 14.3 Å². The Morgan fingerprint density at radius 2 is 1.49 bits per heavy atom. The van der Waals surface area contributed by atoms with Gasteiger partial charge in [-0.05, 0) is 31.5 Å². The number of hydrogen-bond donors (Lipinski definition) is 1. The van der Waals surface area contributed by atoms with Crippen LogP contribution in [-0.4, -0.2) is 32.9 Å². The molecule has 0 radical (unpaired) electrons. The summed E-state index contributed by atoms with van der Waals surface area (Å²) < 4.78 is 5.56. The second kappa shape index (κ2) is 10.7. The van der Waals surface area contributed by atoms with Crippen LogP contribution in [0.4, 0.5) is 5.13 Å². The molecular weight excluding hydrogens is 484 g/mol. The fourth-order valence-corrected chi connectivity index (χ4v) is 4.58. The first-order valence-electron chi connectivity index (χ1n) is 11.9. The van der Waals surface area contributed by atoms with E-state index in [4.69, 9.17) is 14.7 Å². The van der Waals surface area contributed by atoms with Crippen molar-refractivity contribution in [3.63, 3.8) is 0 Å². The van der Waals surface area contributed by atoms with Crippen molar-refractivity contribution in [2.45, 2.75) is 26.4 Å². The van der Waals surface area contributed by atoms with Crippen LogP contribution in [0.2, 0.25) is 0 Å². The van der Waals surface area contributed by atoms with Gasteiger partial charge in [0.25, 0.3) is 5.91 Å². The maximum absolute atomic E-state index is 13.0. The fourth-order valence-electron chi connectivity index (χ4n) is 3.89. The molecule has 2 heterocycles. The zero-order valence-electron chi connectivity index (χ0n) is 20.3. The molecule has 0 aliphatic carbocycles. The van der Waals surface area contributed by atoms with Gasteiger partial charge in [-0.15, -0.1) is 11.3 Å². The van der Waals surface area contributed by atoms with E-state index in [0.29, 0.717) is 28.1 Å². The van der Waals surface area contributed by atoms with E-state index >= 15 is 0 Å². The Morgan fingerprint density at radius 3 is 2.05 bits per heavy atom. The molecule has 0 aliphatic heterocycles. The van der Waals surface area contributed by atoms with Crippen LogP contribution in [0.1, 0.15) is 29.4 Å². The molecule has 2 aromatic heterocycles. The number of benzene rings is 3. The van der Waals surface area contributed by atoms with Crippen molar-refractivity contribution in [1.29, 1.82) is 0 Å². The molecule has 5 rings (SSSR count). The van der Waals surface area contributed by atoms with Gasteiger partial charge in [-0.25, -0.2) is 19.7 Å². The molecule has 37 heavy (non-hydrogen) atoms. The van der Waals surface area contributed by atoms with Crippen molar-refractivity contribution in [1.82, 2.24) is 15.0 Å². The second-order valence-electron chi connectivity index (χ2n) is 8.44. The number of nitrogens with one attached hydrogen (secondary N) is 1. The fraction of sp³-hybridized carbons (Fsp3) is 0.138. The quantitative estimate of drug-likeness (QED) is 0.259. The lowest BCUT2D eigenvalue weighted by Crippen LogP contribution is -2.32. The number of anilines is 1. The van der Waals surface area contributed by atoms with E-state index in [0.717, 1.165) is 28.2 Å². The van der Waals surface area contributed by atoms with E-state index in [1.807, 2.05) is 73.0 Å². The largest absolute Gasteiger partial charge is 0.449 e. The van der Waals surface area contributed by atoms with Crippen molar-refractivity contribution in [3.05, 3.63) is 95.5 Å². The van der Waals surface area contributed by atoms with Crippen LogP contribution in [0.25, 0.3) is 33.5 Å². The van der Waals surface area contributed by atoms with Crippen LogP contribution >= 0.6 is 11.3 Å². The average molecular weight is 509 g/mol. The Labute approximate surface area is 218 Å². The Hall–Kier alpha value is -4.43. The zero-order chi connectivity index (χ0) is 25.8. The molecule has 1 N–H and O–H groups in total. The molecule has 8 heteroatoms. The molecule has 3 aromatic carbocycles. The molecule has 7 nitrogen and oxygen atoms in total. The number of nitrogens with zero attached hydrogens (tertiary/aromatic N) is 3. The second-order valence-corrected chi connectivity index (χ2v) is 9.30. The summed E-state index contributed by atoms with van der Waals surface area (Å²) in [4.78, 5) is 39.7. The highest BCUT2D eigenvalue weighted by atomic mass is 32.1. The minimum atomic E-state index is -0.946. The van der Waals surface area contributed by atoms with E-state index in [-0.39, 0.29) is 0 Å². The number of fused-ring (bicyclic) bond motifs is 1. The number of aryl methyl sites for hydroxylation is 1. The predicted molar refractivity (Wildman–Crippen MR) is 145 cm³/mol. The highest BCUT2D eigenvalue weighted by molar-refractivity contribution is 7.13. The molecule has 1 atom stereocenters. The Kier molecular flexibility index (Phi) is 7.00. The monoisotopic (exact) mass is 508 g/mol. The van der Waals surface area contributed by atoms with Crippen molar-refractivity contribution in [2.24, 2.45) is 0 Å². The first-order valence-corrected chi connectivity index (χ1v) is 12.8. The van der Waals surface area contributed by atoms with Crippen molar-refractivity contribution >= 4 is 39.4 Å². The topological polar surface area (TPSA) is 94.1 Å². The third kappa shape index (κ3) is 5.39. The van der Waals surface area contributed by atoms with Crippen LogP contribution in [0.3, 0.4) is 0 Å². The summed E-state index contributed by atoms with van der Waals surface area (Å²) in [7, 11) is 0. The van der Waals surface area contributed by atoms with E-state index in [2.05, 4.69) is 10.3 Å². The van der Waals surface area contributed by atoms with Gasteiger partial charge in [-0.3, -0.25) is 10.1 Å². The van der Waals surface area contributed by atoms with Gasteiger partial charge < -0.3 is 4.74 Å². The number of rotatable bonds is 7. The summed E-state index contributed by atoms with van der Waals surface area (Å²) in [6, 6.07) is 24.7. The van der Waals surface area contributed by atoms with Crippen LogP contribution in [0, 0.1) is 6.92 Å². The highest BCUT2D eigenvalue weighted by Gasteiger charge is 2.23. The van der Waals surface area contributed by atoms with Gasteiger partial charge in [0.05, 0.1) is 33.7 Å². The van der Waals surface area contributed by atoms with Crippen LogP contribution in [0.15, 0.2) is 84.2 Å². The summed E-state index contributed by atoms with van der Waals surface area (Å²) in [5.41, 5.74) is 5.67. The highest BCUT2D eigenvalue weighted by Crippen LogP contribution is 2.31. The summed E-state index contributed by atoms with van der Waals surface area (Å²) in [5.74, 6) is -1.01. The molecule has 1 unspecified atom stereocenters. The first kappa shape index (κ1) is 24.3. The molecule has 0 bridgehead atoms. The lowest BCUT2D eigenvalue weighted by molar-refractivity contribution is -0.124. The maximum atomic E-state index is 13.0. The molecule has 0 fully saturated rings. The Balaban J connectivity index is 1.45. The van der Waals surface area contributed by atoms with Gasteiger partial charge in [0.2, 0.25) is 0 Å². The summed E-state index contributed by atoms with van der Waals surface area (Å²) in [5, 5.41) is 5.03. The van der Waals surface area contributed by atoms with Gasteiger partial charge in [0.1, 0.15) is 0 Å². The SMILES string of the molecule is CCC(OC(=O)c1ccc2nc(-c3ccccc3)c(-c3ccccc3)nc2c1)C(=O)Nc1nc(C)cs1. The molecule has 0 saturated heterocycles. The van der Waals surface area contributed by atoms with Gasteiger partial charge in [-0.1, -0.05) is 67.6 Å². The Bertz CT molecular complexity index is 1570. The van der Waals surface area contributed by atoms with Crippen molar-refractivity contribution in [2.75, 3.05) is 5.32 Å². The van der Waals surface area contributed by atoms with E-state index in [9.17, 15) is 9.59 Å². The predicted octanol–water partition coefficient (Wildman–Crippen LogP) is 6.30. The summed E-state index contributed by atoms with van der Waals surface area (Å²) in [6.07, 6.45) is -0.618. The molecule has 0 aliphatic rings. The molecule has 184 valence electrons. The van der Waals surface area contributed by atoms with Crippen LogP contribution in [-0.2, 0) is 9.53 Å². The molecule has 1 amide bonds. The van der Waals surface area contributed by atoms with Crippen LogP contribution < -0.4 is 5.32 Å². The zero-order valence-corrected chi connectivity index (χ0v) is 21.2. The maximum Gasteiger partial charge on any atom is 0.338 e. The summed E-state index contributed by atoms with van der Waals surface area (Å²) in [6.45, 7) is 3.63. The number of amides is 1. The lowest BCUT2D eigenvalue weighted by atomic mass is 10.0. The number of thiazole rings is 1. The first-order chi connectivity index (χ1) is 18.0. The van der Waals surface area contributed by atoms with E-state index in [1.165, 1.54) is 11.3 Å². The standard InChI is InChI=1S/C29H24N4O3S/c1-3-24(27(34)33-29-30-18(2)17-37-29)36-28(35)21-14-15-22-23(16-21)32-26(20-12-8-5-9-13-20)25(31-22)19-10-6-4-7-11-19/h4-17,24H,3H2,1-2H3,(H,30,33,34). The van der Waals surface area contributed by atoms with Gasteiger partial charge >= 0.3 is 5.97 Å². The molecular formula is C29H24N4O3S. The van der Waals surface area contributed by atoms with Crippen molar-refractivity contribution in [3.8, 4) is 22.5 Å². The molecule has 0 saturated carbocycles. The third-order valence-corrected chi connectivity index (χ3v) is 6.63. The normalized spacial score (nSPS) is 11.7. The van der Waals surface area contributed by atoms with Gasteiger partial charge in [0, 0.05) is 16.5 Å². The van der Waals surface area contributed by atoms with E-state index in [1.54, 1.807) is 25.1 Å². The Morgan fingerprint density at radius 1 is 0.865 bits per heavy atom. The van der Waals surface area contributed by atoms with Gasteiger partial charge in [0.15, 0.2) is 11.2 Å². The average Bonchev–Trinajstić information content (AvgIpc) is 3.35. The number of hydrogen-bond acceptors (Lipinski definition) is 7. The number of carbonyl (C=O) groups excluding carboxylic acids is 2. The van der Waals surface area contributed by atoms with E-state index < -0.39 is 18.0 Å².